The van der Waals surface area contributed by atoms with Crippen LogP contribution in [0, 0.1) is 5.92 Å². The number of hydrogen-bond acceptors (Lipinski definition) is 5. The standard InChI is InChI=1S/C22H36N2O5/c1-6-7-13-18(21(27-4)28-5)23-20(25)19(14-16(2)3)24-22(26)29-15-17-11-9-8-10-12-17/h8-12,16,18-19,21H,6-7,13-15H2,1-5H3,(H,23,25)(H,24,26)/t18?,19-/m0/s1. The number of hydrogen-bond donors (Lipinski definition) is 2. The summed E-state index contributed by atoms with van der Waals surface area (Å²) in [4.78, 5) is 25.2. The molecule has 7 heteroatoms. The zero-order chi connectivity index (χ0) is 21.6. The normalized spacial score (nSPS) is 13.2. The fourth-order valence-electron chi connectivity index (χ4n) is 3.02. The Hall–Kier alpha value is -2.12. The summed E-state index contributed by atoms with van der Waals surface area (Å²) in [6.07, 6.45) is 1.98. The third-order valence-corrected chi connectivity index (χ3v) is 4.52. The minimum Gasteiger partial charge on any atom is -0.445 e. The fraction of sp³-hybridized carbons (Fsp3) is 0.636. The molecule has 1 rings (SSSR count). The molecule has 0 heterocycles. The van der Waals surface area contributed by atoms with Crippen LogP contribution in [-0.4, -0.2) is 44.6 Å². The van der Waals surface area contributed by atoms with Crippen molar-refractivity contribution >= 4 is 12.0 Å². The average Bonchev–Trinajstić information content (AvgIpc) is 2.71. The van der Waals surface area contributed by atoms with Gasteiger partial charge < -0.3 is 24.8 Å². The predicted molar refractivity (Wildman–Crippen MR) is 112 cm³/mol. The molecule has 2 amide bonds. The maximum absolute atomic E-state index is 12.9. The Kier molecular flexibility index (Phi) is 12.0. The first-order valence-corrected chi connectivity index (χ1v) is 10.2. The van der Waals surface area contributed by atoms with Crippen LogP contribution in [0.2, 0.25) is 0 Å². The van der Waals surface area contributed by atoms with E-state index in [-0.39, 0.29) is 24.5 Å². The van der Waals surface area contributed by atoms with Gasteiger partial charge in [0.05, 0.1) is 6.04 Å². The summed E-state index contributed by atoms with van der Waals surface area (Å²) < 4.78 is 16.0. The van der Waals surface area contributed by atoms with Crippen molar-refractivity contribution in [3.63, 3.8) is 0 Å². The summed E-state index contributed by atoms with van der Waals surface area (Å²) >= 11 is 0. The number of methoxy groups -OCH3 is 2. The van der Waals surface area contributed by atoms with Crippen LogP contribution in [-0.2, 0) is 25.6 Å². The van der Waals surface area contributed by atoms with Crippen molar-refractivity contribution in [3.8, 4) is 0 Å². The molecule has 0 bridgehead atoms. The van der Waals surface area contributed by atoms with Crippen LogP contribution in [0.3, 0.4) is 0 Å². The van der Waals surface area contributed by atoms with E-state index in [1.165, 1.54) is 0 Å². The van der Waals surface area contributed by atoms with Crippen LogP contribution >= 0.6 is 0 Å². The highest BCUT2D eigenvalue weighted by Crippen LogP contribution is 2.11. The molecule has 0 spiro atoms. The minimum absolute atomic E-state index is 0.150. The van der Waals surface area contributed by atoms with E-state index >= 15 is 0 Å². The van der Waals surface area contributed by atoms with E-state index in [0.717, 1.165) is 24.8 Å². The largest absolute Gasteiger partial charge is 0.445 e. The van der Waals surface area contributed by atoms with Gasteiger partial charge in [0.1, 0.15) is 12.6 Å². The topological polar surface area (TPSA) is 85.9 Å². The van der Waals surface area contributed by atoms with Gasteiger partial charge in [0.2, 0.25) is 5.91 Å². The van der Waals surface area contributed by atoms with Gasteiger partial charge in [0, 0.05) is 14.2 Å². The fourth-order valence-corrected chi connectivity index (χ4v) is 3.02. The van der Waals surface area contributed by atoms with Crippen LogP contribution in [0.25, 0.3) is 0 Å². The number of alkyl carbamates (subject to hydrolysis) is 1. The molecular weight excluding hydrogens is 372 g/mol. The molecule has 7 nitrogen and oxygen atoms in total. The van der Waals surface area contributed by atoms with E-state index in [1.54, 1.807) is 14.2 Å². The summed E-state index contributed by atoms with van der Waals surface area (Å²) in [5.41, 5.74) is 0.884. The second-order valence-electron chi connectivity index (χ2n) is 7.49. The molecule has 29 heavy (non-hydrogen) atoms. The number of ether oxygens (including phenoxy) is 3. The maximum atomic E-state index is 12.9. The molecule has 0 aliphatic rings. The lowest BCUT2D eigenvalue weighted by atomic mass is 10.0. The average molecular weight is 409 g/mol. The molecular formula is C22H36N2O5. The number of nitrogens with one attached hydrogen (secondary N) is 2. The second-order valence-corrected chi connectivity index (χ2v) is 7.49. The third kappa shape index (κ3) is 9.76. The Bertz CT molecular complexity index is 590. The van der Waals surface area contributed by atoms with Crippen molar-refractivity contribution in [1.29, 1.82) is 0 Å². The van der Waals surface area contributed by atoms with Gasteiger partial charge in [-0.05, 0) is 24.3 Å². The molecule has 2 atom stereocenters. The van der Waals surface area contributed by atoms with Gasteiger partial charge in [-0.3, -0.25) is 4.79 Å². The maximum Gasteiger partial charge on any atom is 0.408 e. The highest BCUT2D eigenvalue weighted by molar-refractivity contribution is 5.85. The Morgan fingerprint density at radius 3 is 2.24 bits per heavy atom. The zero-order valence-corrected chi connectivity index (χ0v) is 18.3. The molecule has 1 aromatic carbocycles. The van der Waals surface area contributed by atoms with Crippen molar-refractivity contribution in [2.45, 2.75) is 71.4 Å². The molecule has 0 aliphatic carbocycles. The molecule has 164 valence electrons. The molecule has 0 saturated carbocycles. The Morgan fingerprint density at radius 2 is 1.69 bits per heavy atom. The highest BCUT2D eigenvalue weighted by atomic mass is 16.7. The van der Waals surface area contributed by atoms with Crippen molar-refractivity contribution < 1.29 is 23.8 Å². The van der Waals surface area contributed by atoms with Crippen LogP contribution in [0.5, 0.6) is 0 Å². The lowest BCUT2D eigenvalue weighted by Gasteiger charge is -2.28. The Labute approximate surface area is 174 Å². The summed E-state index contributed by atoms with van der Waals surface area (Å²) in [6, 6.07) is 8.41. The van der Waals surface area contributed by atoms with E-state index < -0.39 is 18.4 Å². The van der Waals surface area contributed by atoms with Gasteiger partial charge in [0.25, 0.3) is 0 Å². The molecule has 2 N–H and O–H groups in total. The number of rotatable bonds is 13. The smallest absolute Gasteiger partial charge is 0.408 e. The van der Waals surface area contributed by atoms with E-state index in [2.05, 4.69) is 17.6 Å². The quantitative estimate of drug-likeness (QED) is 0.487. The summed E-state index contributed by atoms with van der Waals surface area (Å²) in [6.45, 7) is 6.23. The van der Waals surface area contributed by atoms with Crippen molar-refractivity contribution in [2.75, 3.05) is 14.2 Å². The highest BCUT2D eigenvalue weighted by Gasteiger charge is 2.28. The van der Waals surface area contributed by atoms with Gasteiger partial charge in [-0.25, -0.2) is 4.79 Å². The van der Waals surface area contributed by atoms with E-state index in [4.69, 9.17) is 14.2 Å². The Morgan fingerprint density at radius 1 is 1.03 bits per heavy atom. The monoisotopic (exact) mass is 408 g/mol. The molecule has 0 saturated heterocycles. The molecule has 1 aromatic rings. The van der Waals surface area contributed by atoms with Crippen molar-refractivity contribution in [2.24, 2.45) is 5.92 Å². The second kappa shape index (κ2) is 14.0. The molecule has 1 unspecified atom stereocenters. The first kappa shape index (κ1) is 24.9. The minimum atomic E-state index is -0.697. The van der Waals surface area contributed by atoms with Gasteiger partial charge in [-0.2, -0.15) is 0 Å². The number of carbonyl (C=O) groups excluding carboxylic acids is 2. The van der Waals surface area contributed by atoms with Gasteiger partial charge >= 0.3 is 6.09 Å². The van der Waals surface area contributed by atoms with Crippen LogP contribution in [0.1, 0.15) is 52.0 Å². The van der Waals surface area contributed by atoms with Gasteiger partial charge in [-0.15, -0.1) is 0 Å². The van der Waals surface area contributed by atoms with Crippen molar-refractivity contribution in [1.82, 2.24) is 10.6 Å². The van der Waals surface area contributed by atoms with E-state index in [9.17, 15) is 9.59 Å². The molecule has 0 aromatic heterocycles. The van der Waals surface area contributed by atoms with Crippen LogP contribution < -0.4 is 10.6 Å². The first-order valence-electron chi connectivity index (χ1n) is 10.2. The summed E-state index contributed by atoms with van der Waals surface area (Å²) in [5, 5.41) is 5.68. The third-order valence-electron chi connectivity index (χ3n) is 4.52. The number of unbranched alkanes of at least 4 members (excludes halogenated alkanes) is 1. The summed E-state index contributed by atoms with van der Waals surface area (Å²) in [5.74, 6) is -0.0505. The van der Waals surface area contributed by atoms with Gasteiger partial charge in [0.15, 0.2) is 6.29 Å². The SMILES string of the molecule is CCCCC(NC(=O)[C@H](CC(C)C)NC(=O)OCc1ccccc1)C(OC)OC. The molecule has 0 radical (unpaired) electrons. The number of benzene rings is 1. The first-order chi connectivity index (χ1) is 13.9. The summed E-state index contributed by atoms with van der Waals surface area (Å²) in [7, 11) is 3.09. The number of carbonyl (C=O) groups is 2. The Balaban J connectivity index is 2.72. The van der Waals surface area contributed by atoms with E-state index in [0.29, 0.717) is 6.42 Å². The van der Waals surface area contributed by atoms with Crippen LogP contribution in [0.15, 0.2) is 30.3 Å². The molecule has 0 fully saturated rings. The van der Waals surface area contributed by atoms with Crippen LogP contribution in [0.4, 0.5) is 4.79 Å². The number of amides is 2. The van der Waals surface area contributed by atoms with Crippen molar-refractivity contribution in [3.05, 3.63) is 35.9 Å². The van der Waals surface area contributed by atoms with E-state index in [1.807, 2.05) is 44.2 Å². The lowest BCUT2D eigenvalue weighted by Crippen LogP contribution is -2.53. The zero-order valence-electron chi connectivity index (χ0n) is 18.3. The van der Waals surface area contributed by atoms with Gasteiger partial charge in [-0.1, -0.05) is 63.9 Å². The molecule has 0 aliphatic heterocycles. The predicted octanol–water partition coefficient (Wildman–Crippen LogP) is 3.62. The lowest BCUT2D eigenvalue weighted by molar-refractivity contribution is -0.140.